The van der Waals surface area contributed by atoms with Crippen molar-refractivity contribution in [3.8, 4) is 11.3 Å². The summed E-state index contributed by atoms with van der Waals surface area (Å²) in [5, 5.41) is 14.9. The van der Waals surface area contributed by atoms with E-state index in [9.17, 15) is 9.59 Å². The number of fused-ring (bicyclic) bond motifs is 1. The molecular weight excluding hydrogens is 430 g/mol. The van der Waals surface area contributed by atoms with E-state index in [1.54, 1.807) is 11.0 Å². The highest BCUT2D eigenvalue weighted by Gasteiger charge is 2.36. The molecule has 3 aliphatic heterocycles. The van der Waals surface area contributed by atoms with E-state index in [1.807, 2.05) is 36.4 Å². The van der Waals surface area contributed by atoms with Crippen molar-refractivity contribution >= 4 is 45.7 Å². The van der Waals surface area contributed by atoms with Crippen LogP contribution in [0.5, 0.6) is 0 Å². The van der Waals surface area contributed by atoms with Crippen molar-refractivity contribution in [3.63, 3.8) is 0 Å². The molecule has 0 saturated carbocycles. The van der Waals surface area contributed by atoms with Crippen LogP contribution < -0.4 is 0 Å². The maximum atomic E-state index is 12.6. The van der Waals surface area contributed by atoms with Crippen LogP contribution in [0.15, 0.2) is 62.5 Å². The Morgan fingerprint density at radius 2 is 1.94 bits per heavy atom. The molecule has 2 aromatic rings. The van der Waals surface area contributed by atoms with Gasteiger partial charge in [-0.2, -0.15) is 15.1 Å². The molecule has 1 aromatic heterocycles. The summed E-state index contributed by atoms with van der Waals surface area (Å²) >= 11 is 1.14. The molecule has 0 aliphatic carbocycles. The third-order valence-corrected chi connectivity index (χ3v) is 6.04. The number of ether oxygens (including phenoxy) is 1. The first kappa shape index (κ1) is 20.4. The van der Waals surface area contributed by atoms with Gasteiger partial charge in [-0.25, -0.2) is 0 Å². The van der Waals surface area contributed by atoms with E-state index in [4.69, 9.17) is 14.6 Å². The van der Waals surface area contributed by atoms with Crippen LogP contribution in [0, 0.1) is 5.41 Å². The van der Waals surface area contributed by atoms with Gasteiger partial charge in [-0.1, -0.05) is 30.3 Å². The van der Waals surface area contributed by atoms with Gasteiger partial charge in [0.25, 0.3) is 5.91 Å². The predicted molar refractivity (Wildman–Crippen MR) is 121 cm³/mol. The van der Waals surface area contributed by atoms with Crippen molar-refractivity contribution in [1.82, 2.24) is 9.91 Å². The number of furan rings is 1. The zero-order valence-electron chi connectivity index (χ0n) is 17.0. The number of rotatable bonds is 4. The summed E-state index contributed by atoms with van der Waals surface area (Å²) in [6, 6.07) is 13.2. The van der Waals surface area contributed by atoms with Gasteiger partial charge in [0.15, 0.2) is 5.84 Å². The fourth-order valence-electron chi connectivity index (χ4n) is 3.49. The molecule has 0 unspecified atom stereocenters. The van der Waals surface area contributed by atoms with Gasteiger partial charge in [0.2, 0.25) is 11.1 Å². The highest BCUT2D eigenvalue weighted by molar-refractivity contribution is 8.27. The Hall–Kier alpha value is -3.50. The summed E-state index contributed by atoms with van der Waals surface area (Å²) in [6.45, 7) is 2.15. The summed E-state index contributed by atoms with van der Waals surface area (Å²) in [7, 11) is 0. The molecule has 9 nitrogen and oxygen atoms in total. The number of hydrogen-bond acceptors (Lipinski definition) is 7. The topological polar surface area (TPSA) is 112 Å². The lowest BCUT2D eigenvalue weighted by Crippen LogP contribution is -2.41. The Kier molecular flexibility index (Phi) is 5.46. The highest BCUT2D eigenvalue weighted by atomic mass is 32.2. The van der Waals surface area contributed by atoms with Gasteiger partial charge in [-0.15, -0.1) is 0 Å². The van der Waals surface area contributed by atoms with Crippen LogP contribution in [0.3, 0.4) is 0 Å². The molecule has 1 N–H and O–H groups in total. The van der Waals surface area contributed by atoms with Crippen molar-refractivity contribution in [1.29, 1.82) is 5.41 Å². The minimum atomic E-state index is -0.539. The van der Waals surface area contributed by atoms with Crippen LogP contribution >= 0.6 is 11.8 Å². The minimum absolute atomic E-state index is 0.0577. The Labute approximate surface area is 187 Å². The van der Waals surface area contributed by atoms with Gasteiger partial charge in [-0.05, 0) is 30.0 Å². The third kappa shape index (κ3) is 4.02. The van der Waals surface area contributed by atoms with E-state index in [1.165, 1.54) is 11.1 Å². The second-order valence-electron chi connectivity index (χ2n) is 7.25. The molecule has 5 rings (SSSR count). The smallest absolute Gasteiger partial charge is 0.283 e. The molecule has 2 amide bonds. The predicted octanol–water partition coefficient (Wildman–Crippen LogP) is 2.81. The first-order chi connectivity index (χ1) is 15.6. The molecule has 1 fully saturated rings. The van der Waals surface area contributed by atoms with Crippen molar-refractivity contribution in [2.75, 3.05) is 26.3 Å². The highest BCUT2D eigenvalue weighted by Crippen LogP contribution is 2.30. The molecule has 0 bridgehead atoms. The number of carbonyl (C=O) groups excluding carboxylic acids is 2. The first-order valence-corrected chi connectivity index (χ1v) is 10.9. The zero-order valence-corrected chi connectivity index (χ0v) is 17.8. The lowest BCUT2D eigenvalue weighted by atomic mass is 10.1. The second-order valence-corrected chi connectivity index (χ2v) is 8.29. The molecular formula is C22H19N5O4S. The summed E-state index contributed by atoms with van der Waals surface area (Å²) < 4.78 is 11.1. The van der Waals surface area contributed by atoms with Crippen LogP contribution in [-0.4, -0.2) is 64.1 Å². The van der Waals surface area contributed by atoms with Gasteiger partial charge in [0.05, 0.1) is 25.2 Å². The van der Waals surface area contributed by atoms with Crippen molar-refractivity contribution in [2.24, 2.45) is 10.1 Å². The van der Waals surface area contributed by atoms with Gasteiger partial charge in [0, 0.05) is 18.7 Å². The van der Waals surface area contributed by atoms with Gasteiger partial charge in [-0.3, -0.25) is 15.0 Å². The summed E-state index contributed by atoms with van der Waals surface area (Å²) in [5.41, 5.74) is 0.991. The number of aliphatic imine (C=N–C) groups is 1. The first-order valence-electron chi connectivity index (χ1n) is 10.1. The Balaban J connectivity index is 1.33. The molecule has 32 heavy (non-hydrogen) atoms. The number of nitrogens with one attached hydrogen (secondary N) is 1. The van der Waals surface area contributed by atoms with Gasteiger partial charge in [0.1, 0.15) is 16.6 Å². The normalized spacial score (nSPS) is 19.8. The van der Waals surface area contributed by atoms with E-state index in [-0.39, 0.29) is 28.9 Å². The molecule has 1 aromatic carbocycles. The number of hydrogen-bond donors (Lipinski definition) is 1. The lowest BCUT2D eigenvalue weighted by molar-refractivity contribution is -0.133. The second kappa shape index (κ2) is 8.56. The number of thioether (sulfide) groups is 1. The standard InChI is InChI=1S/C22H19N5O4S/c23-20-16(12-15-6-7-17(31-15)14-4-2-1-3-5-14)21(29)24-22-27(20)25-18(32-22)13-19(28)26-8-10-30-11-9-26/h1-7,12,23H,8-11,13H2/b16-12-,23-20?. The van der Waals surface area contributed by atoms with Crippen LogP contribution in [0.2, 0.25) is 0 Å². The van der Waals surface area contributed by atoms with Crippen LogP contribution in [0.25, 0.3) is 17.4 Å². The zero-order chi connectivity index (χ0) is 22.1. The number of morpholine rings is 1. The van der Waals surface area contributed by atoms with Gasteiger partial charge >= 0.3 is 0 Å². The number of amides is 2. The van der Waals surface area contributed by atoms with E-state index in [0.29, 0.717) is 42.9 Å². The number of amidine groups is 2. The summed E-state index contributed by atoms with van der Waals surface area (Å²) in [5.74, 6) is 0.406. The van der Waals surface area contributed by atoms with E-state index >= 15 is 0 Å². The fraction of sp³-hybridized carbons (Fsp3) is 0.227. The summed E-state index contributed by atoms with van der Waals surface area (Å²) in [6.07, 6.45) is 1.59. The van der Waals surface area contributed by atoms with E-state index in [2.05, 4.69) is 10.1 Å². The van der Waals surface area contributed by atoms with Crippen LogP contribution in [0.1, 0.15) is 12.2 Å². The summed E-state index contributed by atoms with van der Waals surface area (Å²) in [4.78, 5) is 30.9. The molecule has 0 spiro atoms. The van der Waals surface area contributed by atoms with Crippen LogP contribution in [0.4, 0.5) is 0 Å². The quantitative estimate of drug-likeness (QED) is 0.719. The maximum absolute atomic E-state index is 12.6. The number of carbonyl (C=O) groups is 2. The van der Waals surface area contributed by atoms with Crippen LogP contribution in [-0.2, 0) is 14.3 Å². The van der Waals surface area contributed by atoms with Gasteiger partial charge < -0.3 is 14.1 Å². The lowest BCUT2D eigenvalue weighted by Gasteiger charge is -2.26. The van der Waals surface area contributed by atoms with E-state index in [0.717, 1.165) is 17.3 Å². The number of benzene rings is 1. The Morgan fingerprint density at radius 1 is 1.16 bits per heavy atom. The molecule has 0 radical (unpaired) electrons. The fourth-order valence-corrected chi connectivity index (χ4v) is 4.36. The van der Waals surface area contributed by atoms with Crippen molar-refractivity contribution in [3.05, 3.63) is 53.8 Å². The van der Waals surface area contributed by atoms with E-state index < -0.39 is 5.91 Å². The number of hydrazone groups is 1. The van der Waals surface area contributed by atoms with Crippen molar-refractivity contribution < 1.29 is 18.7 Å². The molecule has 0 atom stereocenters. The maximum Gasteiger partial charge on any atom is 0.283 e. The average Bonchev–Trinajstić information content (AvgIpc) is 3.45. The SMILES string of the molecule is N=C1/C(=C/c2ccc(-c3ccccc3)o2)C(=O)N=C2SC(CC(=O)N3CCOCC3)=NN12. The minimum Gasteiger partial charge on any atom is -0.457 e. The third-order valence-electron chi connectivity index (χ3n) is 5.13. The average molecular weight is 449 g/mol. The Bertz CT molecular complexity index is 1180. The van der Waals surface area contributed by atoms with Crippen molar-refractivity contribution in [2.45, 2.75) is 6.42 Å². The molecule has 3 aliphatic rings. The largest absolute Gasteiger partial charge is 0.457 e. The monoisotopic (exact) mass is 449 g/mol. The number of nitrogens with zero attached hydrogens (tertiary/aromatic N) is 4. The molecule has 162 valence electrons. The molecule has 10 heteroatoms. The molecule has 4 heterocycles. The Morgan fingerprint density at radius 3 is 2.72 bits per heavy atom. The molecule has 1 saturated heterocycles.